The fourth-order valence-electron chi connectivity index (χ4n) is 6.67. The Kier molecular flexibility index (Phi) is 4.15. The van der Waals surface area contributed by atoms with Gasteiger partial charge in [-0.25, -0.2) is 4.98 Å². The molecule has 4 saturated carbocycles. The predicted molar refractivity (Wildman–Crippen MR) is 103 cm³/mol. The van der Waals surface area contributed by atoms with E-state index in [4.69, 9.17) is 0 Å². The number of carbonyl (C=O) groups excluding carboxylic acids is 1. The van der Waals surface area contributed by atoms with Crippen molar-refractivity contribution in [2.24, 2.45) is 17.8 Å². The zero-order chi connectivity index (χ0) is 18.6. The molecule has 1 unspecified atom stereocenters. The van der Waals surface area contributed by atoms with Crippen LogP contribution >= 0.6 is 0 Å². The molecular weight excluding hydrogens is 340 g/mol. The van der Waals surface area contributed by atoms with E-state index in [2.05, 4.69) is 22.2 Å². The lowest BCUT2D eigenvalue weighted by molar-refractivity contribution is -0.00955. The first-order valence-corrected chi connectivity index (χ1v) is 10.7. The average molecular weight is 370 g/mol. The van der Waals surface area contributed by atoms with Crippen LogP contribution in [0.25, 0.3) is 0 Å². The molecule has 1 aliphatic heterocycles. The van der Waals surface area contributed by atoms with E-state index < -0.39 is 0 Å². The minimum absolute atomic E-state index is 0.0534. The van der Waals surface area contributed by atoms with Crippen molar-refractivity contribution < 1.29 is 4.79 Å². The molecule has 5 aliphatic rings. The third-order valence-electron chi connectivity index (χ3n) is 7.61. The monoisotopic (exact) mass is 370 g/mol. The summed E-state index contributed by atoms with van der Waals surface area (Å²) in [4.78, 5) is 35.2. The Hall–Kier alpha value is -1.69. The van der Waals surface area contributed by atoms with Crippen LogP contribution in [0.1, 0.15) is 68.1 Å². The molecule has 0 aromatic carbocycles. The van der Waals surface area contributed by atoms with Crippen molar-refractivity contribution in [2.75, 3.05) is 19.6 Å². The van der Waals surface area contributed by atoms with Gasteiger partial charge in [0.1, 0.15) is 11.4 Å². The highest BCUT2D eigenvalue weighted by atomic mass is 16.2. The van der Waals surface area contributed by atoms with Gasteiger partial charge in [-0.1, -0.05) is 6.92 Å². The number of piperazine rings is 1. The molecule has 2 N–H and O–H groups in total. The maximum Gasteiger partial charge on any atom is 0.263 e. The zero-order valence-electron chi connectivity index (χ0n) is 16.2. The molecule has 1 atom stereocenters. The number of carbonyl (C=O) groups is 1. The molecular formula is C21H30N4O2. The molecule has 6 heteroatoms. The number of nitrogens with zero attached hydrogens (tertiary/aromatic N) is 2. The largest absolute Gasteiger partial charge is 0.336 e. The van der Waals surface area contributed by atoms with Gasteiger partial charge in [0.05, 0.1) is 0 Å². The summed E-state index contributed by atoms with van der Waals surface area (Å²) in [6.07, 6.45) is 10.1. The van der Waals surface area contributed by atoms with Crippen molar-refractivity contribution in [2.45, 2.75) is 63.3 Å². The van der Waals surface area contributed by atoms with E-state index in [0.717, 1.165) is 55.8 Å². The summed E-state index contributed by atoms with van der Waals surface area (Å²) >= 11 is 0. The molecule has 5 fully saturated rings. The average Bonchev–Trinajstić information content (AvgIpc) is 2.66. The summed E-state index contributed by atoms with van der Waals surface area (Å²) in [5.41, 5.74) is -0.00904. The Bertz CT molecular complexity index is 766. The normalized spacial score (nSPS) is 37.6. The van der Waals surface area contributed by atoms with E-state index >= 15 is 0 Å². The third-order valence-corrected chi connectivity index (χ3v) is 7.61. The van der Waals surface area contributed by atoms with E-state index in [1.165, 1.54) is 19.3 Å². The molecule has 1 amide bonds. The maximum atomic E-state index is 12.9. The second kappa shape index (κ2) is 6.43. The van der Waals surface area contributed by atoms with Crippen LogP contribution in [0.2, 0.25) is 0 Å². The smallest absolute Gasteiger partial charge is 0.263 e. The lowest BCUT2D eigenvalue weighted by Crippen LogP contribution is -2.53. The molecule has 27 heavy (non-hydrogen) atoms. The zero-order valence-corrected chi connectivity index (χ0v) is 16.2. The number of hydrogen-bond donors (Lipinski definition) is 2. The van der Waals surface area contributed by atoms with Crippen LogP contribution in [0.5, 0.6) is 0 Å². The van der Waals surface area contributed by atoms with Crippen LogP contribution in [0, 0.1) is 17.8 Å². The standard InChI is InChI=1S/C21H30N4O2/c1-2-16-12-25(4-3-22-16)19(27)17-11-23-20(24-18(17)26)21-8-13-5-14(9-21)7-15(6-13)10-21/h11,13-16,22H,2-10,12H2,1H3,(H,23,24,26). The molecule has 4 aliphatic carbocycles. The van der Waals surface area contributed by atoms with Gasteiger partial charge < -0.3 is 15.2 Å². The summed E-state index contributed by atoms with van der Waals surface area (Å²) in [6.45, 7) is 4.19. The summed E-state index contributed by atoms with van der Waals surface area (Å²) < 4.78 is 0. The second-order valence-electron chi connectivity index (χ2n) is 9.48. The molecule has 146 valence electrons. The van der Waals surface area contributed by atoms with Crippen molar-refractivity contribution in [1.29, 1.82) is 0 Å². The van der Waals surface area contributed by atoms with Crippen molar-refractivity contribution in [3.63, 3.8) is 0 Å². The molecule has 1 saturated heterocycles. The third kappa shape index (κ3) is 2.93. The van der Waals surface area contributed by atoms with Crippen molar-refractivity contribution in [1.82, 2.24) is 20.2 Å². The number of amides is 1. The molecule has 6 rings (SSSR count). The van der Waals surface area contributed by atoms with Gasteiger partial charge >= 0.3 is 0 Å². The minimum atomic E-state index is -0.257. The number of hydrogen-bond acceptors (Lipinski definition) is 4. The molecule has 0 spiro atoms. The fourth-order valence-corrected chi connectivity index (χ4v) is 6.67. The number of nitrogens with one attached hydrogen (secondary N) is 2. The van der Waals surface area contributed by atoms with Gasteiger partial charge in [0, 0.05) is 37.3 Å². The van der Waals surface area contributed by atoms with E-state index in [9.17, 15) is 9.59 Å². The van der Waals surface area contributed by atoms with Gasteiger partial charge in [-0.2, -0.15) is 0 Å². The summed E-state index contributed by atoms with van der Waals surface area (Å²) in [6, 6.07) is 0.307. The second-order valence-corrected chi connectivity index (χ2v) is 9.48. The van der Waals surface area contributed by atoms with Gasteiger partial charge in [-0.15, -0.1) is 0 Å². The highest BCUT2D eigenvalue weighted by Gasteiger charge is 2.53. The number of rotatable bonds is 3. The lowest BCUT2D eigenvalue weighted by atomic mass is 9.49. The number of aromatic amines is 1. The van der Waals surface area contributed by atoms with Gasteiger partial charge in [-0.3, -0.25) is 9.59 Å². The van der Waals surface area contributed by atoms with Gasteiger partial charge in [-0.05, 0) is 62.7 Å². The van der Waals surface area contributed by atoms with Gasteiger partial charge in [0.25, 0.3) is 11.5 Å². The van der Waals surface area contributed by atoms with Crippen LogP contribution in [0.3, 0.4) is 0 Å². The predicted octanol–water partition coefficient (Wildman–Crippen LogP) is 2.06. The van der Waals surface area contributed by atoms with Crippen LogP contribution < -0.4 is 10.9 Å². The van der Waals surface area contributed by atoms with Crippen LogP contribution in [-0.2, 0) is 5.41 Å². The van der Waals surface area contributed by atoms with Gasteiger partial charge in [0.15, 0.2) is 0 Å². The molecule has 0 radical (unpaired) electrons. The van der Waals surface area contributed by atoms with Crippen LogP contribution in [0.15, 0.2) is 11.0 Å². The highest BCUT2D eigenvalue weighted by Crippen LogP contribution is 2.59. The number of aromatic nitrogens is 2. The Morgan fingerprint density at radius 1 is 1.22 bits per heavy atom. The SMILES string of the molecule is CCC1CN(C(=O)c2cnc(C34CC5CC(CC(C5)C3)C4)[nH]c2=O)CCN1. The molecule has 4 bridgehead atoms. The lowest BCUT2D eigenvalue weighted by Gasteiger charge is -2.56. The van der Waals surface area contributed by atoms with Crippen molar-refractivity contribution in [3.05, 3.63) is 27.9 Å². The van der Waals surface area contributed by atoms with E-state index in [1.807, 2.05) is 0 Å². The Balaban J connectivity index is 1.40. The summed E-state index contributed by atoms with van der Waals surface area (Å²) in [5, 5.41) is 3.41. The Morgan fingerprint density at radius 3 is 2.48 bits per heavy atom. The van der Waals surface area contributed by atoms with Crippen LogP contribution in [0.4, 0.5) is 0 Å². The maximum absolute atomic E-state index is 12.9. The van der Waals surface area contributed by atoms with E-state index in [1.54, 1.807) is 11.1 Å². The quantitative estimate of drug-likeness (QED) is 0.854. The molecule has 1 aromatic rings. The first kappa shape index (κ1) is 17.4. The van der Waals surface area contributed by atoms with Crippen LogP contribution in [-0.4, -0.2) is 46.5 Å². The molecule has 1 aromatic heterocycles. The first-order chi connectivity index (χ1) is 13.1. The summed E-state index contributed by atoms with van der Waals surface area (Å²) in [7, 11) is 0. The molecule has 6 nitrogen and oxygen atoms in total. The Labute approximate surface area is 160 Å². The van der Waals surface area contributed by atoms with Crippen molar-refractivity contribution >= 4 is 5.91 Å². The van der Waals surface area contributed by atoms with Gasteiger partial charge in [0.2, 0.25) is 0 Å². The van der Waals surface area contributed by atoms with E-state index in [0.29, 0.717) is 19.1 Å². The highest BCUT2D eigenvalue weighted by molar-refractivity contribution is 5.93. The molecule has 2 heterocycles. The number of H-pyrrole nitrogens is 1. The first-order valence-electron chi connectivity index (χ1n) is 10.7. The summed E-state index contributed by atoms with van der Waals surface area (Å²) in [5.74, 6) is 3.06. The fraction of sp³-hybridized carbons (Fsp3) is 0.762. The van der Waals surface area contributed by atoms with Crippen molar-refractivity contribution in [3.8, 4) is 0 Å². The minimum Gasteiger partial charge on any atom is -0.336 e. The topological polar surface area (TPSA) is 78.1 Å². The Morgan fingerprint density at radius 2 is 1.89 bits per heavy atom. The van der Waals surface area contributed by atoms with E-state index in [-0.39, 0.29) is 22.4 Å².